The number of amides is 4. The first-order chi connectivity index (χ1) is 25.1. The van der Waals surface area contributed by atoms with E-state index >= 15 is 0 Å². The van der Waals surface area contributed by atoms with Crippen molar-refractivity contribution in [2.45, 2.75) is 57.9 Å². The molecule has 2 aromatic rings. The van der Waals surface area contributed by atoms with Crippen LogP contribution in [0.3, 0.4) is 0 Å². The number of nitrogens with zero attached hydrogens (tertiary/aromatic N) is 2. The molecule has 0 aliphatic carbocycles. The number of benzene rings is 2. The van der Waals surface area contributed by atoms with Crippen LogP contribution < -0.4 is 45.3 Å². The number of carboxylic acid groups (broad SMARTS) is 1. The molecule has 4 aliphatic rings. The van der Waals surface area contributed by atoms with Gasteiger partial charge in [0.1, 0.15) is 5.70 Å². The van der Waals surface area contributed by atoms with E-state index in [1.807, 2.05) is 0 Å². The molecule has 4 amide bonds. The Bertz CT molecular complexity index is 1960. The van der Waals surface area contributed by atoms with Crippen molar-refractivity contribution in [3.63, 3.8) is 0 Å². The van der Waals surface area contributed by atoms with Gasteiger partial charge in [-0.2, -0.15) is 0 Å². The predicted octanol–water partition coefficient (Wildman–Crippen LogP) is -3.44. The van der Waals surface area contributed by atoms with E-state index < -0.39 is 54.7 Å². The van der Waals surface area contributed by atoms with Crippen molar-refractivity contribution >= 4 is 52.7 Å². The first-order valence-corrected chi connectivity index (χ1v) is 16.8. The number of nitrogens with one attached hydrogen (secondary N) is 2. The third kappa shape index (κ3) is 7.84. The normalized spacial score (nSPS) is 21.9. The molecule has 6 atom stereocenters. The Balaban J connectivity index is 0.000000240. The molecule has 4 heterocycles. The summed E-state index contributed by atoms with van der Waals surface area (Å²) in [6, 6.07) is 12.5. The van der Waals surface area contributed by atoms with Gasteiger partial charge < -0.3 is 50.0 Å². The Morgan fingerprint density at radius 3 is 1.59 bits per heavy atom. The third-order valence-electron chi connectivity index (χ3n) is 9.70. The molecule has 0 radical (unpaired) electrons. The summed E-state index contributed by atoms with van der Waals surface area (Å²) in [5, 5.41) is 36.3. The van der Waals surface area contributed by atoms with Gasteiger partial charge in [-0.15, -0.1) is 0 Å². The fourth-order valence-corrected chi connectivity index (χ4v) is 7.25. The largest absolute Gasteiger partial charge is 1.00 e. The SMILES string of the molecule is CNC(=O)c1cccc(C2=C(C(=O)OCOC(C)=O)N3C(=O)[C@H]([C@@H](C)O)[C@H]3C2)c1.CNC(=O)c1cccc(C2=C(C(=O)[O-])N3C(=O)[C@H]([C@@H](C)O)[C@H]3C2)c1.[Na+]. The Morgan fingerprint density at radius 2 is 1.20 bits per heavy atom. The standard InChI is InChI=1S/C20H22N2O7.C17H18N2O5.Na/c1-10(23)16-15-8-14(12-5-4-6-13(7-12)18(25)21-3)17(22(15)19(16)26)20(27)29-9-28-11(2)24;1-8(20)13-12-7-11(14(17(23)24)19(12)16(13)22)9-4-3-5-10(6-9)15(21)18-2;/h4-7,10,15-16,23H,8-9H2,1-3H3,(H,21,25);3-6,8,12-13,20H,7H2,1-2H3,(H,18,21)(H,23,24);/q;;+1/p-1/t10-,15-,16-;8-,12-,13-;/m11./s1. The van der Waals surface area contributed by atoms with Gasteiger partial charge in [0.05, 0.1) is 47.8 Å². The number of carboxylic acids is 1. The van der Waals surface area contributed by atoms with Crippen LogP contribution in [0.5, 0.6) is 0 Å². The van der Waals surface area contributed by atoms with Gasteiger partial charge in [0.15, 0.2) is 0 Å². The molecular weight excluding hydrogens is 715 g/mol. The second kappa shape index (κ2) is 17.1. The number of esters is 2. The van der Waals surface area contributed by atoms with E-state index in [-0.39, 0.29) is 70.8 Å². The summed E-state index contributed by atoms with van der Waals surface area (Å²) >= 11 is 0. The quantitative estimate of drug-likeness (QED) is 0.0804. The van der Waals surface area contributed by atoms with Gasteiger partial charge in [-0.05, 0) is 73.2 Å². The molecule has 4 N–H and O–H groups in total. The average molecular weight is 755 g/mol. The van der Waals surface area contributed by atoms with Crippen LogP contribution >= 0.6 is 0 Å². The van der Waals surface area contributed by atoms with Gasteiger partial charge in [0.2, 0.25) is 18.6 Å². The minimum absolute atomic E-state index is 0. The number of ether oxygens (including phenoxy) is 2. The number of fused-ring (bicyclic) bond motifs is 2. The molecule has 0 bridgehead atoms. The second-order valence-corrected chi connectivity index (χ2v) is 12.9. The fraction of sp³-hybridized carbons (Fsp3) is 0.378. The van der Waals surface area contributed by atoms with Crippen LogP contribution in [0, 0.1) is 11.8 Å². The van der Waals surface area contributed by atoms with E-state index in [4.69, 9.17) is 4.74 Å². The van der Waals surface area contributed by atoms with Crippen LogP contribution in [0.2, 0.25) is 0 Å². The Labute approximate surface area is 332 Å². The number of β-lactam (4-membered cyclic amide) rings is 2. The number of rotatable bonds is 10. The van der Waals surface area contributed by atoms with E-state index in [1.165, 1.54) is 44.7 Å². The molecule has 2 saturated heterocycles. The summed E-state index contributed by atoms with van der Waals surface area (Å²) in [5.41, 5.74) is 2.80. The monoisotopic (exact) mass is 754 g/mol. The van der Waals surface area contributed by atoms with Crippen molar-refractivity contribution in [3.8, 4) is 0 Å². The Kier molecular flexibility index (Phi) is 13.2. The molecule has 54 heavy (non-hydrogen) atoms. The van der Waals surface area contributed by atoms with Crippen LogP contribution in [0.1, 0.15) is 65.5 Å². The average Bonchev–Trinajstić information content (AvgIpc) is 3.65. The van der Waals surface area contributed by atoms with Crippen molar-refractivity contribution in [3.05, 3.63) is 82.2 Å². The van der Waals surface area contributed by atoms with Crippen molar-refractivity contribution in [1.29, 1.82) is 0 Å². The van der Waals surface area contributed by atoms with Crippen LogP contribution in [0.25, 0.3) is 11.1 Å². The number of carbonyl (C=O) groups excluding carboxylic acids is 7. The van der Waals surface area contributed by atoms with Gasteiger partial charge in [0.25, 0.3) is 11.8 Å². The van der Waals surface area contributed by atoms with Crippen molar-refractivity contribution < 1.29 is 87.9 Å². The van der Waals surface area contributed by atoms with E-state index in [1.54, 1.807) is 48.5 Å². The minimum atomic E-state index is -1.43. The zero-order valence-corrected chi connectivity index (χ0v) is 32.6. The number of hydrogen-bond donors (Lipinski definition) is 4. The molecule has 4 aliphatic heterocycles. The minimum Gasteiger partial charge on any atom is -0.543 e. The topological polar surface area (TPSA) is 232 Å². The van der Waals surface area contributed by atoms with Crippen molar-refractivity contribution in [1.82, 2.24) is 20.4 Å². The Hall–Kier alpha value is -4.87. The number of carbonyl (C=O) groups is 7. The molecule has 2 aromatic carbocycles. The second-order valence-electron chi connectivity index (χ2n) is 12.9. The van der Waals surface area contributed by atoms with Gasteiger partial charge in [-0.1, -0.05) is 24.3 Å². The zero-order valence-electron chi connectivity index (χ0n) is 30.6. The molecular formula is C37H39N4NaO12. The summed E-state index contributed by atoms with van der Waals surface area (Å²) in [7, 11) is 3.02. The van der Waals surface area contributed by atoms with E-state index in [0.29, 0.717) is 46.2 Å². The van der Waals surface area contributed by atoms with E-state index in [9.17, 15) is 48.9 Å². The van der Waals surface area contributed by atoms with Crippen LogP contribution in [0.4, 0.5) is 0 Å². The molecule has 0 aromatic heterocycles. The predicted molar refractivity (Wildman–Crippen MR) is 182 cm³/mol. The van der Waals surface area contributed by atoms with E-state index in [0.717, 1.165) is 0 Å². The first kappa shape index (κ1) is 41.9. The number of aliphatic hydroxyl groups is 2. The van der Waals surface area contributed by atoms with E-state index in [2.05, 4.69) is 15.4 Å². The Morgan fingerprint density at radius 1 is 0.778 bits per heavy atom. The maximum absolute atomic E-state index is 12.7. The maximum Gasteiger partial charge on any atom is 1.00 e. The molecule has 280 valence electrons. The van der Waals surface area contributed by atoms with Gasteiger partial charge >= 0.3 is 41.5 Å². The summed E-state index contributed by atoms with van der Waals surface area (Å²) < 4.78 is 9.65. The van der Waals surface area contributed by atoms with Crippen LogP contribution in [-0.4, -0.2) is 107 Å². The summed E-state index contributed by atoms with van der Waals surface area (Å²) in [6.07, 6.45) is -1.07. The third-order valence-corrected chi connectivity index (χ3v) is 9.70. The summed E-state index contributed by atoms with van der Waals surface area (Å²) in [6.45, 7) is 3.65. The zero-order chi connectivity index (χ0) is 38.9. The molecule has 16 nitrogen and oxygen atoms in total. The first-order valence-electron chi connectivity index (χ1n) is 16.8. The molecule has 0 spiro atoms. The summed E-state index contributed by atoms with van der Waals surface area (Å²) in [5.74, 6) is -5.44. The number of hydrogen-bond acceptors (Lipinski definition) is 12. The number of aliphatic hydroxyl groups excluding tert-OH is 2. The molecule has 0 saturated carbocycles. The molecule has 2 fully saturated rings. The fourth-order valence-electron chi connectivity index (χ4n) is 7.25. The van der Waals surface area contributed by atoms with Crippen molar-refractivity contribution in [2.75, 3.05) is 20.9 Å². The smallest absolute Gasteiger partial charge is 0.543 e. The summed E-state index contributed by atoms with van der Waals surface area (Å²) in [4.78, 5) is 86.1. The van der Waals surface area contributed by atoms with Gasteiger partial charge in [-0.3, -0.25) is 24.0 Å². The molecule has 17 heteroatoms. The van der Waals surface area contributed by atoms with Crippen molar-refractivity contribution in [2.24, 2.45) is 11.8 Å². The van der Waals surface area contributed by atoms with Gasteiger partial charge in [-0.25, -0.2) is 4.79 Å². The van der Waals surface area contributed by atoms with Crippen LogP contribution in [-0.2, 0) is 33.4 Å². The van der Waals surface area contributed by atoms with Gasteiger partial charge in [0, 0.05) is 32.1 Å². The number of aliphatic carboxylic acids is 1. The molecule has 6 rings (SSSR count). The van der Waals surface area contributed by atoms with Crippen LogP contribution in [0.15, 0.2) is 59.9 Å². The molecule has 0 unspecified atom stereocenters. The maximum atomic E-state index is 12.7.